The van der Waals surface area contributed by atoms with Crippen LogP contribution in [0.1, 0.15) is 28.7 Å². The molecule has 5 rings (SSSR count). The van der Waals surface area contributed by atoms with Crippen LogP contribution < -0.4 is 5.32 Å². The molecular weight excluding hydrogens is 428 g/mol. The molecule has 8 heteroatoms. The second-order valence-electron chi connectivity index (χ2n) is 8.45. The summed E-state index contributed by atoms with van der Waals surface area (Å²) in [6.45, 7) is 3.27. The number of nitrogens with one attached hydrogen (secondary N) is 1. The van der Waals surface area contributed by atoms with Gasteiger partial charge in [-0.25, -0.2) is 8.42 Å². The Bertz CT molecular complexity index is 1290. The monoisotopic (exact) mass is 454 g/mol. The molecule has 2 aromatic carbocycles. The van der Waals surface area contributed by atoms with Crippen molar-refractivity contribution in [2.75, 3.05) is 31.6 Å². The van der Waals surface area contributed by atoms with Crippen LogP contribution in [0.15, 0.2) is 45.9 Å². The smallest absolute Gasteiger partial charge is 0.243 e. The van der Waals surface area contributed by atoms with Crippen molar-refractivity contribution < 1.29 is 22.4 Å². The van der Waals surface area contributed by atoms with E-state index < -0.39 is 10.0 Å². The number of amides is 1. The number of furan rings is 1. The number of carbonyl (C=O) groups excluding carboxylic acids is 1. The van der Waals surface area contributed by atoms with Gasteiger partial charge in [-0.1, -0.05) is 6.07 Å². The lowest BCUT2D eigenvalue weighted by Crippen LogP contribution is -2.40. The normalized spacial score (nSPS) is 16.9. The second kappa shape index (κ2) is 8.35. The number of benzene rings is 2. The third-order valence-electron chi connectivity index (χ3n) is 6.31. The summed E-state index contributed by atoms with van der Waals surface area (Å²) < 4.78 is 38.3. The number of sulfonamides is 1. The van der Waals surface area contributed by atoms with Crippen molar-refractivity contribution in [3.63, 3.8) is 0 Å². The lowest BCUT2D eigenvalue weighted by atomic mass is 10.0. The predicted octanol–water partition coefficient (Wildman–Crippen LogP) is 3.43. The summed E-state index contributed by atoms with van der Waals surface area (Å²) in [5, 5.41) is 3.87. The van der Waals surface area contributed by atoms with Crippen LogP contribution in [-0.2, 0) is 38.8 Å². The Morgan fingerprint density at radius 1 is 1.09 bits per heavy atom. The average molecular weight is 455 g/mol. The number of anilines is 1. The fourth-order valence-electron chi connectivity index (χ4n) is 4.48. The van der Waals surface area contributed by atoms with Gasteiger partial charge in [0.2, 0.25) is 15.9 Å². The van der Waals surface area contributed by atoms with Gasteiger partial charge in [-0.15, -0.1) is 0 Å². The molecule has 32 heavy (non-hydrogen) atoms. The van der Waals surface area contributed by atoms with Crippen LogP contribution in [0.25, 0.3) is 11.0 Å². The zero-order valence-electron chi connectivity index (χ0n) is 18.0. The highest BCUT2D eigenvalue weighted by atomic mass is 32.2. The molecule has 168 valence electrons. The first kappa shape index (κ1) is 21.2. The van der Waals surface area contributed by atoms with E-state index in [2.05, 4.69) is 17.4 Å². The van der Waals surface area contributed by atoms with E-state index in [1.807, 2.05) is 6.92 Å². The number of fused-ring (bicyclic) bond motifs is 2. The third kappa shape index (κ3) is 3.94. The van der Waals surface area contributed by atoms with E-state index in [1.165, 1.54) is 15.4 Å². The largest absolute Gasteiger partial charge is 0.464 e. The zero-order chi connectivity index (χ0) is 22.3. The Kier molecular flexibility index (Phi) is 5.53. The van der Waals surface area contributed by atoms with Gasteiger partial charge in [0, 0.05) is 29.7 Å². The standard InChI is InChI=1S/C24H26N2O5S/c1-16-5-6-20(32(28,29)26-7-9-30-10-8-26)14-22(16)25-24(27)13-19-15-31-23-12-18-4-2-3-17(18)11-21(19)23/h5-6,11-12,14-15H,2-4,7-10,13H2,1H3,(H,25,27). The summed E-state index contributed by atoms with van der Waals surface area (Å²) in [6.07, 6.45) is 5.09. The van der Waals surface area contributed by atoms with Crippen molar-refractivity contribution in [3.8, 4) is 0 Å². The lowest BCUT2D eigenvalue weighted by Gasteiger charge is -2.26. The molecule has 0 bridgehead atoms. The summed E-state index contributed by atoms with van der Waals surface area (Å²) in [4.78, 5) is 13.0. The van der Waals surface area contributed by atoms with Crippen LogP contribution in [0.3, 0.4) is 0 Å². The van der Waals surface area contributed by atoms with E-state index >= 15 is 0 Å². The molecular formula is C24H26N2O5S. The van der Waals surface area contributed by atoms with Crippen molar-refractivity contribution >= 4 is 32.6 Å². The van der Waals surface area contributed by atoms with Crippen LogP contribution in [0.4, 0.5) is 5.69 Å². The Hall–Kier alpha value is -2.68. The molecule has 1 aliphatic heterocycles. The Labute approximate surface area is 187 Å². The quantitative estimate of drug-likeness (QED) is 0.638. The number of rotatable bonds is 5. The molecule has 7 nitrogen and oxygen atoms in total. The maximum atomic E-state index is 13.0. The molecule has 1 aromatic heterocycles. The Balaban J connectivity index is 1.36. The first-order valence-electron chi connectivity index (χ1n) is 10.9. The Morgan fingerprint density at radius 3 is 2.62 bits per heavy atom. The minimum Gasteiger partial charge on any atom is -0.464 e. The minimum absolute atomic E-state index is 0.158. The molecule has 0 radical (unpaired) electrons. The van der Waals surface area contributed by atoms with Crippen molar-refractivity contribution in [2.24, 2.45) is 0 Å². The summed E-state index contributed by atoms with van der Waals surface area (Å²) in [6, 6.07) is 9.07. The van der Waals surface area contributed by atoms with Gasteiger partial charge >= 0.3 is 0 Å². The molecule has 0 atom stereocenters. The van der Waals surface area contributed by atoms with Crippen LogP contribution in [0, 0.1) is 6.92 Å². The highest BCUT2D eigenvalue weighted by molar-refractivity contribution is 7.89. The number of morpholine rings is 1. The first-order chi connectivity index (χ1) is 15.4. The SMILES string of the molecule is Cc1ccc(S(=O)(=O)N2CCOCC2)cc1NC(=O)Cc1coc2cc3c(cc12)CCC3. The lowest BCUT2D eigenvalue weighted by molar-refractivity contribution is -0.115. The Morgan fingerprint density at radius 2 is 1.84 bits per heavy atom. The molecule has 1 aliphatic carbocycles. The van der Waals surface area contributed by atoms with E-state index in [1.54, 1.807) is 24.5 Å². The fourth-order valence-corrected chi connectivity index (χ4v) is 5.92. The molecule has 1 N–H and O–H groups in total. The molecule has 0 saturated carbocycles. The van der Waals surface area contributed by atoms with E-state index in [9.17, 15) is 13.2 Å². The van der Waals surface area contributed by atoms with Crippen molar-refractivity contribution in [1.29, 1.82) is 0 Å². The summed E-state index contributed by atoms with van der Waals surface area (Å²) >= 11 is 0. The van der Waals surface area contributed by atoms with Gasteiger partial charge in [-0.05, 0) is 67.1 Å². The predicted molar refractivity (Wildman–Crippen MR) is 121 cm³/mol. The molecule has 3 aromatic rings. The summed E-state index contributed by atoms with van der Waals surface area (Å²) in [5.41, 5.74) is 5.60. The van der Waals surface area contributed by atoms with E-state index in [4.69, 9.17) is 9.15 Å². The zero-order valence-corrected chi connectivity index (χ0v) is 18.8. The number of ether oxygens (including phenoxy) is 1. The average Bonchev–Trinajstić information content (AvgIpc) is 3.40. The maximum Gasteiger partial charge on any atom is 0.243 e. The number of nitrogens with zero attached hydrogens (tertiary/aromatic N) is 1. The molecule has 1 fully saturated rings. The van der Waals surface area contributed by atoms with Gasteiger partial charge in [0.05, 0.1) is 30.8 Å². The van der Waals surface area contributed by atoms with Crippen LogP contribution in [0.2, 0.25) is 0 Å². The fraction of sp³-hybridized carbons (Fsp3) is 0.375. The highest BCUT2D eigenvalue weighted by Crippen LogP contribution is 2.31. The first-order valence-corrected chi connectivity index (χ1v) is 12.4. The molecule has 0 spiro atoms. The van der Waals surface area contributed by atoms with Gasteiger partial charge in [0.25, 0.3) is 0 Å². The van der Waals surface area contributed by atoms with Gasteiger partial charge in [0.1, 0.15) is 5.58 Å². The topological polar surface area (TPSA) is 88.9 Å². The summed E-state index contributed by atoms with van der Waals surface area (Å²) in [5.74, 6) is -0.211. The van der Waals surface area contributed by atoms with E-state index in [-0.39, 0.29) is 17.2 Å². The van der Waals surface area contributed by atoms with Gasteiger partial charge in [-0.3, -0.25) is 4.79 Å². The van der Waals surface area contributed by atoms with E-state index in [0.717, 1.165) is 41.4 Å². The van der Waals surface area contributed by atoms with Crippen molar-refractivity contribution in [2.45, 2.75) is 37.5 Å². The van der Waals surface area contributed by atoms with Crippen molar-refractivity contribution in [1.82, 2.24) is 4.31 Å². The number of hydrogen-bond acceptors (Lipinski definition) is 5. The second-order valence-corrected chi connectivity index (χ2v) is 10.4. The number of aryl methyl sites for hydroxylation is 3. The highest BCUT2D eigenvalue weighted by Gasteiger charge is 2.27. The van der Waals surface area contributed by atoms with Crippen LogP contribution in [-0.4, -0.2) is 44.9 Å². The van der Waals surface area contributed by atoms with E-state index in [0.29, 0.717) is 32.0 Å². The third-order valence-corrected chi connectivity index (χ3v) is 8.20. The maximum absolute atomic E-state index is 13.0. The molecule has 1 amide bonds. The van der Waals surface area contributed by atoms with Gasteiger partial charge in [0.15, 0.2) is 0 Å². The number of hydrogen-bond donors (Lipinski definition) is 1. The van der Waals surface area contributed by atoms with Crippen LogP contribution in [0.5, 0.6) is 0 Å². The van der Waals surface area contributed by atoms with Crippen LogP contribution >= 0.6 is 0 Å². The van der Waals surface area contributed by atoms with Gasteiger partial charge in [-0.2, -0.15) is 4.31 Å². The van der Waals surface area contributed by atoms with Gasteiger partial charge < -0.3 is 14.5 Å². The molecule has 0 unspecified atom stereocenters. The minimum atomic E-state index is -3.63. The molecule has 2 aliphatic rings. The molecule has 1 saturated heterocycles. The molecule has 2 heterocycles. The summed E-state index contributed by atoms with van der Waals surface area (Å²) in [7, 11) is -3.63. The van der Waals surface area contributed by atoms with Crippen molar-refractivity contribution in [3.05, 3.63) is 58.8 Å². The number of carbonyl (C=O) groups is 1.